The molecule has 0 aliphatic carbocycles. The van der Waals surface area contributed by atoms with Crippen LogP contribution < -0.4 is 19.1 Å². The second kappa shape index (κ2) is 9.30. The second-order valence-corrected chi connectivity index (χ2v) is 7.53. The van der Waals surface area contributed by atoms with Crippen molar-refractivity contribution >= 4 is 23.3 Å². The number of anilines is 1. The molecule has 0 radical (unpaired) electrons. The number of ketones is 1. The fourth-order valence-electron chi connectivity index (χ4n) is 3.91. The zero-order valence-electron chi connectivity index (χ0n) is 19.2. The topological polar surface area (TPSA) is 111 Å². The number of carbonyl (C=O) groups is 2. The van der Waals surface area contributed by atoms with Gasteiger partial charge in [0.1, 0.15) is 34.8 Å². The molecule has 1 aliphatic rings. The summed E-state index contributed by atoms with van der Waals surface area (Å²) in [6.45, 7) is 4.03. The predicted octanol–water partition coefficient (Wildman–Crippen LogP) is 4.03. The number of methoxy groups -OCH3 is 2. The van der Waals surface area contributed by atoms with Crippen LogP contribution in [0.25, 0.3) is 5.76 Å². The van der Waals surface area contributed by atoms with Crippen molar-refractivity contribution in [2.45, 2.75) is 19.9 Å². The van der Waals surface area contributed by atoms with E-state index in [2.05, 4.69) is 5.16 Å². The zero-order valence-corrected chi connectivity index (χ0v) is 19.2. The fourth-order valence-corrected chi connectivity index (χ4v) is 3.91. The van der Waals surface area contributed by atoms with Crippen LogP contribution in [0.5, 0.6) is 17.2 Å². The molecule has 2 aromatic carbocycles. The van der Waals surface area contributed by atoms with Gasteiger partial charge >= 0.3 is 5.91 Å². The summed E-state index contributed by atoms with van der Waals surface area (Å²) < 4.78 is 21.5. The Hall–Kier alpha value is -4.27. The molecule has 1 saturated heterocycles. The van der Waals surface area contributed by atoms with Gasteiger partial charge in [0, 0.05) is 17.2 Å². The van der Waals surface area contributed by atoms with E-state index in [0.717, 1.165) is 0 Å². The Labute approximate surface area is 196 Å². The molecule has 1 atom stereocenters. The highest BCUT2D eigenvalue weighted by atomic mass is 16.5. The number of amides is 1. The van der Waals surface area contributed by atoms with Gasteiger partial charge in [-0.1, -0.05) is 5.16 Å². The van der Waals surface area contributed by atoms with E-state index in [1.807, 2.05) is 6.92 Å². The van der Waals surface area contributed by atoms with Gasteiger partial charge in [0.15, 0.2) is 5.82 Å². The number of aryl methyl sites for hydroxylation is 1. The Morgan fingerprint density at radius 1 is 1.06 bits per heavy atom. The molecule has 9 heteroatoms. The molecule has 34 heavy (non-hydrogen) atoms. The van der Waals surface area contributed by atoms with Gasteiger partial charge in [-0.15, -0.1) is 0 Å². The number of aromatic nitrogens is 1. The maximum atomic E-state index is 13.3. The van der Waals surface area contributed by atoms with Crippen molar-refractivity contribution in [1.29, 1.82) is 0 Å². The number of benzene rings is 2. The Bertz CT molecular complexity index is 1260. The van der Waals surface area contributed by atoms with Crippen molar-refractivity contribution < 1.29 is 33.4 Å². The van der Waals surface area contributed by atoms with Crippen LogP contribution in [0.4, 0.5) is 5.82 Å². The van der Waals surface area contributed by atoms with Crippen molar-refractivity contribution in [2.24, 2.45) is 0 Å². The smallest absolute Gasteiger partial charge is 0.301 e. The van der Waals surface area contributed by atoms with Gasteiger partial charge in [-0.05, 0) is 56.3 Å². The first-order chi connectivity index (χ1) is 16.4. The van der Waals surface area contributed by atoms with E-state index >= 15 is 0 Å². The van der Waals surface area contributed by atoms with E-state index in [1.165, 1.54) is 19.1 Å². The number of nitrogens with zero attached hydrogens (tertiary/aromatic N) is 2. The summed E-state index contributed by atoms with van der Waals surface area (Å²) >= 11 is 0. The Balaban J connectivity index is 1.95. The van der Waals surface area contributed by atoms with Crippen molar-refractivity contribution in [1.82, 2.24) is 5.16 Å². The summed E-state index contributed by atoms with van der Waals surface area (Å²) in [4.78, 5) is 27.6. The minimum Gasteiger partial charge on any atom is -0.507 e. The predicted molar refractivity (Wildman–Crippen MR) is 123 cm³/mol. The highest BCUT2D eigenvalue weighted by molar-refractivity contribution is 6.51. The molecular formula is C25H24N2O7. The Morgan fingerprint density at radius 3 is 2.35 bits per heavy atom. The van der Waals surface area contributed by atoms with Crippen LogP contribution in [0.1, 0.15) is 29.9 Å². The van der Waals surface area contributed by atoms with Crippen molar-refractivity contribution in [2.75, 3.05) is 25.7 Å². The molecule has 1 aliphatic heterocycles. The third kappa shape index (κ3) is 3.96. The standard InChI is InChI=1S/C25H24N2O7/c1-5-33-16-8-6-15(7-9-16)23(28)21-22(18-13-17(31-3)10-11-19(18)32-4)27(25(30)24(21)29)20-12-14(2)34-26-20/h6-13,22,28H,5H2,1-4H3/b23-21+/t22-/m0/s1. The number of aliphatic hydroxyl groups excluding tert-OH is 1. The molecule has 2 heterocycles. The normalized spacial score (nSPS) is 17.2. The van der Waals surface area contributed by atoms with Crippen LogP contribution in [0.3, 0.4) is 0 Å². The third-order valence-electron chi connectivity index (χ3n) is 5.48. The summed E-state index contributed by atoms with van der Waals surface area (Å²) in [5.74, 6) is 0.0504. The maximum Gasteiger partial charge on any atom is 0.301 e. The third-order valence-corrected chi connectivity index (χ3v) is 5.48. The molecule has 9 nitrogen and oxygen atoms in total. The number of ether oxygens (including phenoxy) is 3. The van der Waals surface area contributed by atoms with Crippen LogP contribution in [0.15, 0.2) is 58.6 Å². The van der Waals surface area contributed by atoms with E-state index in [0.29, 0.717) is 40.7 Å². The Kier molecular flexibility index (Phi) is 6.27. The van der Waals surface area contributed by atoms with Gasteiger partial charge in [-0.25, -0.2) is 0 Å². The molecule has 0 saturated carbocycles. The molecule has 0 spiro atoms. The van der Waals surface area contributed by atoms with Crippen LogP contribution in [-0.2, 0) is 9.59 Å². The number of carbonyl (C=O) groups excluding carboxylic acids is 2. The summed E-state index contributed by atoms with van der Waals surface area (Å²) in [7, 11) is 2.98. The fraction of sp³-hybridized carbons (Fsp3) is 0.240. The SMILES string of the molecule is CCOc1ccc(/C(O)=C2\C(=O)C(=O)N(c3cc(C)on3)[C@H]2c2cc(OC)ccc2OC)cc1. The van der Waals surface area contributed by atoms with Gasteiger partial charge in [-0.2, -0.15) is 0 Å². The molecule has 1 N–H and O–H groups in total. The molecule has 0 bridgehead atoms. The zero-order chi connectivity index (χ0) is 24.4. The first kappa shape index (κ1) is 22.9. The number of aliphatic hydroxyl groups is 1. The van der Waals surface area contributed by atoms with Gasteiger partial charge in [-0.3, -0.25) is 14.5 Å². The van der Waals surface area contributed by atoms with Gasteiger partial charge in [0.2, 0.25) is 0 Å². The number of hydrogen-bond donors (Lipinski definition) is 1. The largest absolute Gasteiger partial charge is 0.507 e. The molecule has 3 aromatic rings. The molecule has 1 amide bonds. The monoisotopic (exact) mass is 464 g/mol. The highest BCUT2D eigenvalue weighted by Gasteiger charge is 2.49. The van der Waals surface area contributed by atoms with Crippen LogP contribution in [0.2, 0.25) is 0 Å². The van der Waals surface area contributed by atoms with E-state index in [9.17, 15) is 14.7 Å². The minimum absolute atomic E-state index is 0.110. The second-order valence-electron chi connectivity index (χ2n) is 7.53. The molecule has 1 aromatic heterocycles. The summed E-state index contributed by atoms with van der Waals surface area (Å²) in [6, 6.07) is 12.1. The first-order valence-corrected chi connectivity index (χ1v) is 10.6. The van der Waals surface area contributed by atoms with E-state index in [4.69, 9.17) is 18.7 Å². The minimum atomic E-state index is -1.04. The van der Waals surface area contributed by atoms with E-state index in [-0.39, 0.29) is 17.2 Å². The highest BCUT2D eigenvalue weighted by Crippen LogP contribution is 2.45. The summed E-state index contributed by atoms with van der Waals surface area (Å²) in [6.07, 6.45) is 0. The first-order valence-electron chi connectivity index (χ1n) is 10.6. The average molecular weight is 464 g/mol. The summed E-state index contributed by atoms with van der Waals surface area (Å²) in [5.41, 5.74) is 0.681. The van der Waals surface area contributed by atoms with Crippen molar-refractivity contribution in [3.63, 3.8) is 0 Å². The van der Waals surface area contributed by atoms with Gasteiger partial charge in [0.05, 0.1) is 26.4 Å². The Morgan fingerprint density at radius 2 is 1.76 bits per heavy atom. The maximum absolute atomic E-state index is 13.3. The molecular weight excluding hydrogens is 440 g/mol. The van der Waals surface area contributed by atoms with E-state index in [1.54, 1.807) is 55.5 Å². The number of rotatable bonds is 7. The lowest BCUT2D eigenvalue weighted by Gasteiger charge is -2.24. The van der Waals surface area contributed by atoms with Gasteiger partial charge in [0.25, 0.3) is 5.78 Å². The average Bonchev–Trinajstić information content (AvgIpc) is 3.39. The quantitative estimate of drug-likeness (QED) is 0.317. The molecule has 4 rings (SSSR count). The van der Waals surface area contributed by atoms with Crippen LogP contribution in [0, 0.1) is 6.92 Å². The lowest BCUT2D eigenvalue weighted by Crippen LogP contribution is -2.30. The van der Waals surface area contributed by atoms with Crippen LogP contribution in [-0.4, -0.2) is 42.8 Å². The molecule has 1 fully saturated rings. The summed E-state index contributed by atoms with van der Waals surface area (Å²) in [5, 5.41) is 15.2. The van der Waals surface area contributed by atoms with Crippen LogP contribution >= 0.6 is 0 Å². The van der Waals surface area contributed by atoms with E-state index < -0.39 is 17.7 Å². The molecule has 176 valence electrons. The lowest BCUT2D eigenvalue weighted by molar-refractivity contribution is -0.132. The number of hydrogen-bond acceptors (Lipinski definition) is 8. The lowest BCUT2D eigenvalue weighted by atomic mass is 9.94. The van der Waals surface area contributed by atoms with Crippen molar-refractivity contribution in [3.05, 3.63) is 71.0 Å². The number of Topliss-reactive ketones (excluding diaryl/α,β-unsaturated/α-hetero) is 1. The molecule has 0 unspecified atom stereocenters. The van der Waals surface area contributed by atoms with Crippen molar-refractivity contribution in [3.8, 4) is 17.2 Å². The van der Waals surface area contributed by atoms with Gasteiger partial charge < -0.3 is 23.8 Å².